The minimum absolute atomic E-state index is 0.00194. The highest BCUT2D eigenvalue weighted by Gasteiger charge is 2.38. The second kappa shape index (κ2) is 8.86. The third-order valence-electron chi connectivity index (χ3n) is 6.11. The second-order valence-electron chi connectivity index (χ2n) is 8.03. The molecule has 1 fully saturated rings. The molecule has 2 aliphatic rings. The molecule has 7 heteroatoms. The van der Waals surface area contributed by atoms with Gasteiger partial charge in [-0.25, -0.2) is 12.8 Å². The summed E-state index contributed by atoms with van der Waals surface area (Å²) in [5.74, 6) is -0.483. The highest BCUT2D eigenvalue weighted by molar-refractivity contribution is 7.89. The lowest BCUT2D eigenvalue weighted by Gasteiger charge is -2.37. The monoisotopic (exact) mass is 430 g/mol. The Morgan fingerprint density at radius 3 is 2.30 bits per heavy atom. The summed E-state index contributed by atoms with van der Waals surface area (Å²) in [6.07, 6.45) is 4.94. The van der Waals surface area contributed by atoms with Crippen molar-refractivity contribution in [3.8, 4) is 0 Å². The first-order valence-corrected chi connectivity index (χ1v) is 12.0. The third-order valence-corrected chi connectivity index (χ3v) is 8.03. The van der Waals surface area contributed by atoms with Crippen molar-refractivity contribution < 1.29 is 17.6 Å². The molecule has 0 radical (unpaired) electrons. The molecule has 30 heavy (non-hydrogen) atoms. The lowest BCUT2D eigenvalue weighted by Crippen LogP contribution is -2.43. The van der Waals surface area contributed by atoms with Crippen molar-refractivity contribution in [1.82, 2.24) is 9.21 Å². The maximum absolute atomic E-state index is 13.4. The van der Waals surface area contributed by atoms with Crippen molar-refractivity contribution in [2.45, 2.75) is 49.5 Å². The molecule has 2 aromatic carbocycles. The molecule has 4 rings (SSSR count). The molecule has 2 aromatic rings. The summed E-state index contributed by atoms with van der Waals surface area (Å²) in [5, 5.41) is 0. The molecular formula is C23H27FN2O3S. The molecular weight excluding hydrogens is 403 g/mol. The molecule has 160 valence electrons. The summed E-state index contributed by atoms with van der Waals surface area (Å²) >= 11 is 0. The van der Waals surface area contributed by atoms with Crippen molar-refractivity contribution in [3.63, 3.8) is 0 Å². The van der Waals surface area contributed by atoms with Gasteiger partial charge >= 0.3 is 0 Å². The van der Waals surface area contributed by atoms with Crippen LogP contribution in [0.4, 0.5) is 4.39 Å². The standard InChI is InChI=1S/C23H27FN2O3S/c24-19-9-11-20(12-10-19)30(28,29)26-16-13-18-7-3-4-8-21(18)22(26)17-23(27)25-14-5-1-2-6-15-25/h3-4,7-12,22H,1-2,5-6,13-17H2. The molecule has 0 aliphatic carbocycles. The topological polar surface area (TPSA) is 57.7 Å². The van der Waals surface area contributed by atoms with Gasteiger partial charge in [0.15, 0.2) is 0 Å². The van der Waals surface area contributed by atoms with E-state index in [0.29, 0.717) is 13.0 Å². The van der Waals surface area contributed by atoms with Crippen LogP contribution in [-0.4, -0.2) is 43.2 Å². The number of carbonyl (C=O) groups is 1. The van der Waals surface area contributed by atoms with E-state index in [1.165, 1.54) is 16.4 Å². The van der Waals surface area contributed by atoms with Crippen molar-refractivity contribution >= 4 is 15.9 Å². The maximum Gasteiger partial charge on any atom is 0.243 e. The number of hydrogen-bond acceptors (Lipinski definition) is 3. The fourth-order valence-corrected chi connectivity index (χ4v) is 6.09. The highest BCUT2D eigenvalue weighted by atomic mass is 32.2. The van der Waals surface area contributed by atoms with Gasteiger partial charge in [-0.3, -0.25) is 4.79 Å². The minimum atomic E-state index is -3.86. The fraction of sp³-hybridized carbons (Fsp3) is 0.435. The van der Waals surface area contributed by atoms with E-state index in [1.54, 1.807) is 0 Å². The number of sulfonamides is 1. The second-order valence-corrected chi connectivity index (χ2v) is 9.92. The molecule has 2 heterocycles. The van der Waals surface area contributed by atoms with E-state index >= 15 is 0 Å². The zero-order valence-electron chi connectivity index (χ0n) is 17.0. The Morgan fingerprint density at radius 1 is 0.933 bits per heavy atom. The number of hydrogen-bond donors (Lipinski definition) is 0. The Morgan fingerprint density at radius 2 is 1.60 bits per heavy atom. The summed E-state index contributed by atoms with van der Waals surface area (Å²) in [5.41, 5.74) is 1.97. The number of benzene rings is 2. The summed E-state index contributed by atoms with van der Waals surface area (Å²) in [4.78, 5) is 15.1. The first-order chi connectivity index (χ1) is 14.5. The molecule has 2 aliphatic heterocycles. The number of rotatable bonds is 4. The van der Waals surface area contributed by atoms with E-state index in [1.807, 2.05) is 29.2 Å². The molecule has 1 atom stereocenters. The van der Waals surface area contributed by atoms with Crippen LogP contribution < -0.4 is 0 Å². The van der Waals surface area contributed by atoms with Gasteiger partial charge in [-0.2, -0.15) is 4.31 Å². The van der Waals surface area contributed by atoms with Gasteiger partial charge in [0, 0.05) is 26.1 Å². The molecule has 5 nitrogen and oxygen atoms in total. The summed E-state index contributed by atoms with van der Waals surface area (Å²) in [6, 6.07) is 12.1. The highest BCUT2D eigenvalue weighted by Crippen LogP contribution is 2.37. The van der Waals surface area contributed by atoms with Gasteiger partial charge in [0.25, 0.3) is 0 Å². The summed E-state index contributed by atoms with van der Waals surface area (Å²) < 4.78 is 41.6. The minimum Gasteiger partial charge on any atom is -0.343 e. The quantitative estimate of drug-likeness (QED) is 0.739. The predicted molar refractivity (Wildman–Crippen MR) is 113 cm³/mol. The van der Waals surface area contributed by atoms with E-state index in [-0.39, 0.29) is 17.2 Å². The zero-order chi connectivity index (χ0) is 21.1. The van der Waals surface area contributed by atoms with Crippen LogP contribution in [0.5, 0.6) is 0 Å². The van der Waals surface area contributed by atoms with Crippen LogP contribution in [0, 0.1) is 5.82 Å². The van der Waals surface area contributed by atoms with Crippen LogP contribution in [0.15, 0.2) is 53.4 Å². The number of carbonyl (C=O) groups excluding carboxylic acids is 1. The maximum atomic E-state index is 13.4. The number of amides is 1. The van der Waals surface area contributed by atoms with Gasteiger partial charge in [0.2, 0.25) is 15.9 Å². The Balaban J connectivity index is 1.67. The first kappa shape index (κ1) is 21.0. The average molecular weight is 431 g/mol. The Hall–Kier alpha value is -2.25. The Bertz CT molecular complexity index is 999. The normalized spacial score (nSPS) is 20.4. The number of nitrogens with zero attached hydrogens (tertiary/aromatic N) is 2. The van der Waals surface area contributed by atoms with E-state index in [0.717, 1.165) is 62.0 Å². The summed E-state index contributed by atoms with van der Waals surface area (Å²) in [7, 11) is -3.86. The number of likely N-dealkylation sites (tertiary alicyclic amines) is 1. The van der Waals surface area contributed by atoms with Gasteiger partial charge in [-0.1, -0.05) is 37.1 Å². The smallest absolute Gasteiger partial charge is 0.243 e. The Labute approximate surface area is 177 Å². The van der Waals surface area contributed by atoms with E-state index < -0.39 is 21.9 Å². The molecule has 0 N–H and O–H groups in total. The van der Waals surface area contributed by atoms with Crippen LogP contribution >= 0.6 is 0 Å². The molecule has 1 unspecified atom stereocenters. The number of fused-ring (bicyclic) bond motifs is 1. The zero-order valence-corrected chi connectivity index (χ0v) is 17.8. The van der Waals surface area contributed by atoms with Crippen LogP contribution in [0.1, 0.15) is 49.3 Å². The van der Waals surface area contributed by atoms with Gasteiger partial charge in [0.05, 0.1) is 10.9 Å². The molecule has 0 bridgehead atoms. The van der Waals surface area contributed by atoms with Crippen molar-refractivity contribution in [3.05, 3.63) is 65.5 Å². The van der Waals surface area contributed by atoms with Crippen molar-refractivity contribution in [2.24, 2.45) is 0 Å². The molecule has 1 amide bonds. The molecule has 1 saturated heterocycles. The average Bonchev–Trinajstić information content (AvgIpc) is 3.04. The van der Waals surface area contributed by atoms with E-state index in [2.05, 4.69) is 0 Å². The van der Waals surface area contributed by atoms with Gasteiger partial charge in [-0.05, 0) is 54.7 Å². The SMILES string of the molecule is O=C(CC1c2ccccc2CCN1S(=O)(=O)c1ccc(F)cc1)N1CCCCCC1. The van der Waals surface area contributed by atoms with Crippen LogP contribution in [-0.2, 0) is 21.2 Å². The van der Waals surface area contributed by atoms with Crippen LogP contribution in [0.3, 0.4) is 0 Å². The van der Waals surface area contributed by atoms with E-state index in [9.17, 15) is 17.6 Å². The van der Waals surface area contributed by atoms with Crippen LogP contribution in [0.25, 0.3) is 0 Å². The van der Waals surface area contributed by atoms with Crippen molar-refractivity contribution in [2.75, 3.05) is 19.6 Å². The van der Waals surface area contributed by atoms with E-state index in [4.69, 9.17) is 0 Å². The summed E-state index contributed by atoms with van der Waals surface area (Å²) in [6.45, 7) is 1.77. The van der Waals surface area contributed by atoms with Crippen LogP contribution in [0.2, 0.25) is 0 Å². The third kappa shape index (κ3) is 4.27. The number of halogens is 1. The fourth-order valence-electron chi connectivity index (χ4n) is 4.48. The van der Waals surface area contributed by atoms with Gasteiger partial charge in [-0.15, -0.1) is 0 Å². The Kier molecular flexibility index (Phi) is 6.20. The van der Waals surface area contributed by atoms with Gasteiger partial charge in [0.1, 0.15) is 5.82 Å². The predicted octanol–water partition coefficient (Wildman–Crippen LogP) is 3.91. The molecule has 0 aromatic heterocycles. The van der Waals surface area contributed by atoms with Crippen molar-refractivity contribution in [1.29, 1.82) is 0 Å². The van der Waals surface area contributed by atoms with Gasteiger partial charge < -0.3 is 4.90 Å². The lowest BCUT2D eigenvalue weighted by molar-refractivity contribution is -0.132. The first-order valence-electron chi connectivity index (χ1n) is 10.6. The largest absolute Gasteiger partial charge is 0.343 e. The molecule has 0 saturated carbocycles. The lowest BCUT2D eigenvalue weighted by atomic mass is 9.92. The molecule has 0 spiro atoms.